The van der Waals surface area contributed by atoms with E-state index in [1.807, 2.05) is 6.92 Å². The fourth-order valence-corrected chi connectivity index (χ4v) is 2.66. The molecule has 1 aliphatic heterocycles. The summed E-state index contributed by atoms with van der Waals surface area (Å²) in [5, 5.41) is 7.01. The number of benzene rings is 1. The number of carbonyl (C=O) groups excluding carboxylic acids is 1. The van der Waals surface area contributed by atoms with E-state index in [4.69, 9.17) is 16.1 Å². The minimum Gasteiger partial charge on any atom is -0.350 e. The maximum Gasteiger partial charge on any atom is 0.292 e. The number of amides is 1. The number of rotatable bonds is 2. The topological polar surface area (TPSA) is 58.4 Å². The van der Waals surface area contributed by atoms with Gasteiger partial charge in [-0.15, -0.1) is 0 Å². The Morgan fingerprint density at radius 3 is 3.14 bits per heavy atom. The zero-order valence-corrected chi connectivity index (χ0v) is 12.7. The highest BCUT2D eigenvalue weighted by Gasteiger charge is 2.27. The van der Waals surface area contributed by atoms with E-state index in [0.29, 0.717) is 6.54 Å². The monoisotopic (exact) mass is 323 g/mol. The van der Waals surface area contributed by atoms with E-state index in [1.54, 1.807) is 17.0 Å². The molecule has 116 valence electrons. The van der Waals surface area contributed by atoms with Gasteiger partial charge in [0.1, 0.15) is 5.69 Å². The summed E-state index contributed by atoms with van der Waals surface area (Å²) in [5.41, 5.74) is 0.467. The Balaban J connectivity index is 1.87. The standard InChI is InChI=1S/C15H15ClFN3O2/c1-9-8-18-5-6-20(9)15(21)13-7-12(19-22-13)10-3-2-4-11(16)14(10)17/h2-4,7,9,18H,5-6,8H2,1H3/t9-/m1/s1. The van der Waals surface area contributed by atoms with Crippen molar-refractivity contribution in [1.82, 2.24) is 15.4 Å². The second kappa shape index (κ2) is 6.06. The highest BCUT2D eigenvalue weighted by atomic mass is 35.5. The van der Waals surface area contributed by atoms with Crippen LogP contribution in [0.15, 0.2) is 28.8 Å². The van der Waals surface area contributed by atoms with Crippen molar-refractivity contribution in [3.63, 3.8) is 0 Å². The van der Waals surface area contributed by atoms with Crippen LogP contribution in [0.25, 0.3) is 11.3 Å². The van der Waals surface area contributed by atoms with Gasteiger partial charge in [-0.3, -0.25) is 4.79 Å². The lowest BCUT2D eigenvalue weighted by atomic mass is 10.1. The van der Waals surface area contributed by atoms with Gasteiger partial charge in [-0.25, -0.2) is 4.39 Å². The first-order chi connectivity index (χ1) is 10.6. The number of halogens is 2. The van der Waals surface area contributed by atoms with Crippen molar-refractivity contribution in [1.29, 1.82) is 0 Å². The third-order valence-corrected chi connectivity index (χ3v) is 4.00. The van der Waals surface area contributed by atoms with Gasteiger partial charge < -0.3 is 14.7 Å². The van der Waals surface area contributed by atoms with Crippen LogP contribution >= 0.6 is 11.6 Å². The Hall–Kier alpha value is -1.92. The van der Waals surface area contributed by atoms with Gasteiger partial charge >= 0.3 is 0 Å². The second-order valence-corrected chi connectivity index (χ2v) is 5.64. The molecule has 1 atom stereocenters. The maximum absolute atomic E-state index is 14.0. The molecule has 0 bridgehead atoms. The quantitative estimate of drug-likeness (QED) is 0.923. The van der Waals surface area contributed by atoms with E-state index in [1.165, 1.54) is 12.1 Å². The summed E-state index contributed by atoms with van der Waals surface area (Å²) in [6, 6.07) is 6.13. The number of piperazine rings is 1. The summed E-state index contributed by atoms with van der Waals surface area (Å²) in [6.45, 7) is 4.02. The highest BCUT2D eigenvalue weighted by Crippen LogP contribution is 2.27. The molecule has 0 unspecified atom stereocenters. The Bertz CT molecular complexity index is 704. The number of nitrogens with zero attached hydrogens (tertiary/aromatic N) is 2. The van der Waals surface area contributed by atoms with Crippen molar-refractivity contribution in [3.8, 4) is 11.3 Å². The highest BCUT2D eigenvalue weighted by molar-refractivity contribution is 6.31. The fraction of sp³-hybridized carbons (Fsp3) is 0.333. The maximum atomic E-state index is 14.0. The van der Waals surface area contributed by atoms with Gasteiger partial charge in [0.2, 0.25) is 5.76 Å². The van der Waals surface area contributed by atoms with Crippen molar-refractivity contribution in [2.75, 3.05) is 19.6 Å². The van der Waals surface area contributed by atoms with E-state index in [-0.39, 0.29) is 34.0 Å². The summed E-state index contributed by atoms with van der Waals surface area (Å²) < 4.78 is 19.1. The first-order valence-electron chi connectivity index (χ1n) is 7.00. The number of carbonyl (C=O) groups is 1. The van der Waals surface area contributed by atoms with E-state index < -0.39 is 5.82 Å². The first-order valence-corrected chi connectivity index (χ1v) is 7.38. The molecule has 1 N–H and O–H groups in total. The number of nitrogens with one attached hydrogen (secondary N) is 1. The minimum absolute atomic E-state index is 0.00380. The lowest BCUT2D eigenvalue weighted by Gasteiger charge is -2.33. The molecule has 0 spiro atoms. The summed E-state index contributed by atoms with van der Waals surface area (Å²) in [6.07, 6.45) is 0. The van der Waals surface area contributed by atoms with Gasteiger partial charge in [-0.05, 0) is 19.1 Å². The Kier molecular flexibility index (Phi) is 4.13. The predicted molar refractivity (Wildman–Crippen MR) is 80.3 cm³/mol. The van der Waals surface area contributed by atoms with Crippen LogP contribution < -0.4 is 5.32 Å². The van der Waals surface area contributed by atoms with Crippen molar-refractivity contribution in [2.24, 2.45) is 0 Å². The van der Waals surface area contributed by atoms with Crippen LogP contribution in [0, 0.1) is 5.82 Å². The summed E-state index contributed by atoms with van der Waals surface area (Å²) in [4.78, 5) is 14.2. The van der Waals surface area contributed by atoms with Crippen LogP contribution in [0.1, 0.15) is 17.5 Å². The summed E-state index contributed by atoms with van der Waals surface area (Å²) in [7, 11) is 0. The van der Waals surface area contributed by atoms with Crippen LogP contribution in [0.4, 0.5) is 4.39 Å². The van der Waals surface area contributed by atoms with Crippen LogP contribution in [0.5, 0.6) is 0 Å². The molecule has 1 fully saturated rings. The first kappa shape index (κ1) is 15.0. The van der Waals surface area contributed by atoms with Crippen LogP contribution in [0.3, 0.4) is 0 Å². The Labute approximate surface area is 132 Å². The molecular weight excluding hydrogens is 309 g/mol. The van der Waals surface area contributed by atoms with Gasteiger partial charge in [-0.1, -0.05) is 22.8 Å². The van der Waals surface area contributed by atoms with Gasteiger partial charge in [0.05, 0.1) is 5.02 Å². The SMILES string of the molecule is C[C@@H]1CNCCN1C(=O)c1cc(-c2cccc(Cl)c2F)no1. The van der Waals surface area contributed by atoms with Crippen molar-refractivity contribution in [2.45, 2.75) is 13.0 Å². The molecule has 0 aliphatic carbocycles. The Morgan fingerprint density at radius 1 is 1.55 bits per heavy atom. The Morgan fingerprint density at radius 2 is 2.36 bits per heavy atom. The zero-order valence-electron chi connectivity index (χ0n) is 12.0. The van der Waals surface area contributed by atoms with Crippen molar-refractivity contribution < 1.29 is 13.7 Å². The van der Waals surface area contributed by atoms with E-state index >= 15 is 0 Å². The van der Waals surface area contributed by atoms with E-state index in [0.717, 1.165) is 13.1 Å². The van der Waals surface area contributed by atoms with Gasteiger partial charge in [-0.2, -0.15) is 0 Å². The normalized spacial score (nSPS) is 18.5. The minimum atomic E-state index is -0.577. The van der Waals surface area contributed by atoms with Gasteiger partial charge in [0.15, 0.2) is 5.82 Å². The van der Waals surface area contributed by atoms with Gasteiger partial charge in [0, 0.05) is 37.3 Å². The van der Waals surface area contributed by atoms with Crippen LogP contribution in [-0.2, 0) is 0 Å². The number of hydrogen-bond donors (Lipinski definition) is 1. The number of hydrogen-bond acceptors (Lipinski definition) is 4. The lowest BCUT2D eigenvalue weighted by Crippen LogP contribution is -2.52. The molecule has 0 radical (unpaired) electrons. The van der Waals surface area contributed by atoms with Crippen LogP contribution in [-0.4, -0.2) is 41.6 Å². The summed E-state index contributed by atoms with van der Waals surface area (Å²) >= 11 is 5.76. The molecule has 3 rings (SSSR count). The second-order valence-electron chi connectivity index (χ2n) is 5.23. The number of aromatic nitrogens is 1. The smallest absolute Gasteiger partial charge is 0.292 e. The molecule has 2 heterocycles. The molecule has 0 saturated carbocycles. The molecule has 22 heavy (non-hydrogen) atoms. The largest absolute Gasteiger partial charge is 0.350 e. The molecular formula is C15H15ClFN3O2. The molecule has 1 aromatic carbocycles. The molecule has 7 heteroatoms. The molecule has 1 aliphatic rings. The molecule has 1 amide bonds. The van der Waals surface area contributed by atoms with Crippen LogP contribution in [0.2, 0.25) is 5.02 Å². The van der Waals surface area contributed by atoms with E-state index in [2.05, 4.69) is 10.5 Å². The molecule has 5 nitrogen and oxygen atoms in total. The average molecular weight is 324 g/mol. The molecule has 1 aromatic heterocycles. The average Bonchev–Trinajstić information content (AvgIpc) is 2.99. The zero-order chi connectivity index (χ0) is 15.7. The molecule has 1 saturated heterocycles. The van der Waals surface area contributed by atoms with Gasteiger partial charge in [0.25, 0.3) is 5.91 Å². The molecule has 2 aromatic rings. The summed E-state index contributed by atoms with van der Waals surface area (Å²) in [5.74, 6) is -0.717. The fourth-order valence-electron chi connectivity index (χ4n) is 2.49. The van der Waals surface area contributed by atoms with Crippen molar-refractivity contribution >= 4 is 17.5 Å². The van der Waals surface area contributed by atoms with E-state index in [9.17, 15) is 9.18 Å². The van der Waals surface area contributed by atoms with Crippen molar-refractivity contribution in [3.05, 3.63) is 40.9 Å². The predicted octanol–water partition coefficient (Wildman–Crippen LogP) is 2.57. The third-order valence-electron chi connectivity index (χ3n) is 3.71. The third kappa shape index (κ3) is 2.71. The lowest BCUT2D eigenvalue weighted by molar-refractivity contribution is 0.0613.